The van der Waals surface area contributed by atoms with Crippen molar-refractivity contribution >= 4 is 120 Å². The zero-order valence-electron chi connectivity index (χ0n) is 42.0. The first-order valence-corrected chi connectivity index (χ1v) is 26.8. The third-order valence-corrected chi connectivity index (χ3v) is 14.0. The van der Waals surface area contributed by atoms with Gasteiger partial charge in [0.2, 0.25) is 0 Å². The van der Waals surface area contributed by atoms with Gasteiger partial charge in [0, 0.05) is 22.3 Å². The number of halogens is 6. The average Bonchev–Trinajstić information content (AvgIpc) is 3.95. The molecule has 79 heavy (non-hydrogen) atoms. The molecule has 4 aliphatic rings. The smallest absolute Gasteiger partial charge is 0.485 e. The van der Waals surface area contributed by atoms with E-state index in [4.69, 9.17) is 44.0 Å². The van der Waals surface area contributed by atoms with Gasteiger partial charge in [0.15, 0.2) is 31.8 Å². The lowest BCUT2D eigenvalue weighted by Crippen LogP contribution is -2.73. The molecule has 6 heterocycles. The summed E-state index contributed by atoms with van der Waals surface area (Å²) >= 11 is 5.05. The largest absolute Gasteiger partial charge is 0.741 e. The molecule has 8 N–H and O–H groups in total. The van der Waals surface area contributed by atoms with Crippen LogP contribution in [0.5, 0.6) is 0 Å². The quantitative estimate of drug-likeness (QED) is 0.0126. The van der Waals surface area contributed by atoms with E-state index in [0.717, 1.165) is 22.7 Å². The number of likely N-dealkylation sites (N-methyl/N-ethyl adjacent to an activating group) is 2. The van der Waals surface area contributed by atoms with E-state index in [2.05, 4.69) is 44.1 Å². The Kier molecular flexibility index (Phi) is 22.6. The second kappa shape index (κ2) is 26.9. The molecule has 0 aliphatic carbocycles. The summed E-state index contributed by atoms with van der Waals surface area (Å²) < 4.78 is 91.5. The number of nitrogens with one attached hydrogen (secondary N) is 2. The molecule has 0 aromatic carbocycles. The van der Waals surface area contributed by atoms with Crippen molar-refractivity contribution in [2.24, 2.45) is 10.3 Å². The van der Waals surface area contributed by atoms with Gasteiger partial charge in [-0.3, -0.25) is 29.0 Å². The lowest BCUT2D eigenvalue weighted by Gasteiger charge is -2.50. The van der Waals surface area contributed by atoms with Gasteiger partial charge in [-0.2, -0.15) is 26.3 Å². The van der Waals surface area contributed by atoms with Crippen LogP contribution in [-0.2, 0) is 53.4 Å². The van der Waals surface area contributed by atoms with E-state index in [1.54, 1.807) is 10.8 Å². The van der Waals surface area contributed by atoms with Crippen LogP contribution in [0.2, 0.25) is 0 Å². The number of nitrogens with two attached hydrogens (primary N) is 2. The van der Waals surface area contributed by atoms with Crippen molar-refractivity contribution in [3.8, 4) is 0 Å². The summed E-state index contributed by atoms with van der Waals surface area (Å²) in [6.45, 7) is 8.14. The highest BCUT2D eigenvalue weighted by atomic mass is 32.2. The van der Waals surface area contributed by atoms with Crippen molar-refractivity contribution in [3.05, 3.63) is 68.7 Å². The number of nitrogen functional groups attached to an aromatic ring is 2. The molecule has 4 aliphatic heterocycles. The number of hydrogen-bond acceptors (Lipinski definition) is 23. The number of carboxylic acid groups (broad SMARTS) is 3. The van der Waals surface area contributed by atoms with Gasteiger partial charge >= 0.3 is 23.6 Å². The molecule has 0 radical (unpaired) electrons. The molecule has 4 amide bonds. The Balaban J connectivity index is 0.000000330. The van der Waals surface area contributed by atoms with Gasteiger partial charge in [0.25, 0.3) is 23.6 Å². The molecule has 6 rings (SSSR count). The SMILES string of the molecule is C=CCON=C(C(=O)NC1C(=O)N2C(C(=O)O)=C(C[N+](C)(C)C)SCC12)c1csc(N)n1.C=CCON=C(C(=O)NC1C(=O)N2C(C(=O)O)=C(C[N+](C)(C)C)SCC12)c1csc(N)n1.O=C([O-])C(F)(F)F.O=S(=O)([O-])C(F)(F)F. The van der Waals surface area contributed by atoms with E-state index in [1.165, 1.54) is 45.5 Å². The standard InChI is InChI=1S/2C19H24N6O5S2.C2HF3O2.CHF3O3S/c2*1-5-6-30-23-13(10-8-32-19(20)21-10)16(26)22-14-11-9-31-12(7-25(2,3)4)15(18(28)29)24(11)17(14)27;3-2(4,5)1(6)7;2-1(3,4)8(5,6)7/h2*5,8,11,14H,1,6-7,9H2,2-4H3,(H3-,20,21,22,26,28,29);(H,6,7);(H,5,6,7). The minimum absolute atomic E-state index is 0.0229. The fourth-order valence-corrected chi connectivity index (χ4v) is 10.7. The van der Waals surface area contributed by atoms with Crippen LogP contribution in [-0.4, -0.2) is 221 Å². The Morgan fingerprint density at radius 3 is 1.30 bits per heavy atom. The van der Waals surface area contributed by atoms with Crippen molar-refractivity contribution in [2.75, 3.05) is 91.6 Å². The van der Waals surface area contributed by atoms with E-state index in [-0.39, 0.29) is 57.7 Å². The van der Waals surface area contributed by atoms with Crippen LogP contribution in [0.15, 0.2) is 67.6 Å². The van der Waals surface area contributed by atoms with Gasteiger partial charge in [-0.25, -0.2) is 28.0 Å². The molecule has 2 fully saturated rings. The Bertz CT molecular complexity index is 2770. The van der Waals surface area contributed by atoms with Crippen LogP contribution < -0.4 is 27.2 Å². The maximum atomic E-state index is 12.9. The summed E-state index contributed by atoms with van der Waals surface area (Å²) in [5.41, 5.74) is 5.79. The van der Waals surface area contributed by atoms with Crippen molar-refractivity contribution in [3.63, 3.8) is 0 Å². The van der Waals surface area contributed by atoms with Crippen molar-refractivity contribution < 1.29 is 107 Å². The second-order valence-electron chi connectivity index (χ2n) is 18.0. The molecule has 2 aromatic heterocycles. The fraction of sp³-hybridized carbons (Fsp3) is 0.439. The number of nitrogens with zero attached hydrogens (tertiary/aromatic N) is 8. The summed E-state index contributed by atoms with van der Waals surface area (Å²) in [5.74, 6) is -6.71. The van der Waals surface area contributed by atoms with Crippen LogP contribution in [0.1, 0.15) is 11.4 Å². The lowest BCUT2D eigenvalue weighted by molar-refractivity contribution is -0.864. The fourth-order valence-electron chi connectivity index (χ4n) is 6.55. The number of amides is 4. The van der Waals surface area contributed by atoms with Crippen LogP contribution in [0.25, 0.3) is 0 Å². The first-order valence-electron chi connectivity index (χ1n) is 21.7. The van der Waals surface area contributed by atoms with Gasteiger partial charge in [-0.15, -0.1) is 46.2 Å². The minimum atomic E-state index is -6.09. The molecule has 0 bridgehead atoms. The number of hydrogen-bond donors (Lipinski definition) is 6. The number of thioether (sulfide) groups is 2. The molecular formula is C41H50F6N12O15S5. The lowest BCUT2D eigenvalue weighted by atomic mass is 9.94. The molecule has 0 spiro atoms. The zero-order chi connectivity index (χ0) is 60.3. The summed E-state index contributed by atoms with van der Waals surface area (Å²) in [5, 5.41) is 44.8. The maximum absolute atomic E-state index is 12.9. The van der Waals surface area contributed by atoms with E-state index >= 15 is 0 Å². The highest BCUT2D eigenvalue weighted by Gasteiger charge is 2.56. The highest BCUT2D eigenvalue weighted by Crippen LogP contribution is 2.41. The van der Waals surface area contributed by atoms with Crippen molar-refractivity contribution in [1.29, 1.82) is 0 Å². The number of aliphatic carboxylic acids is 3. The Labute approximate surface area is 461 Å². The van der Waals surface area contributed by atoms with Crippen LogP contribution in [0, 0.1) is 0 Å². The van der Waals surface area contributed by atoms with Crippen molar-refractivity contribution in [2.45, 2.75) is 35.9 Å². The van der Waals surface area contributed by atoms with Gasteiger partial charge in [-0.05, 0) is 0 Å². The Hall–Kier alpha value is -6.84. The Morgan fingerprint density at radius 1 is 0.759 bits per heavy atom. The average molecular weight is 1230 g/mol. The number of alkyl halides is 6. The van der Waals surface area contributed by atoms with E-state index < -0.39 is 87.5 Å². The Morgan fingerprint density at radius 2 is 1.08 bits per heavy atom. The second-order valence-corrected chi connectivity index (χ2v) is 23.4. The molecule has 436 valence electrons. The number of carbonyl (C=O) groups excluding carboxylic acids is 5. The molecule has 38 heteroatoms. The zero-order valence-corrected chi connectivity index (χ0v) is 46.1. The predicted octanol–water partition coefficient (Wildman–Crippen LogP) is -0.496. The predicted molar refractivity (Wildman–Crippen MR) is 270 cm³/mol. The number of anilines is 2. The minimum Gasteiger partial charge on any atom is -0.741 e. The van der Waals surface area contributed by atoms with E-state index in [1.807, 2.05) is 42.3 Å². The van der Waals surface area contributed by atoms with Gasteiger partial charge < -0.3 is 65.4 Å². The third-order valence-electron chi connectivity index (χ3n) is 9.69. The van der Waals surface area contributed by atoms with Gasteiger partial charge in [0.1, 0.15) is 67.1 Å². The number of carboxylic acids is 3. The molecule has 27 nitrogen and oxygen atoms in total. The first-order chi connectivity index (χ1) is 36.3. The first kappa shape index (κ1) is 66.4. The summed E-state index contributed by atoms with van der Waals surface area (Å²) in [6.07, 6.45) is -2.26. The van der Waals surface area contributed by atoms with E-state index in [9.17, 15) is 65.3 Å². The normalized spacial score (nSPS) is 19.5. The number of quaternary nitrogens is 2. The number of carbonyl (C=O) groups is 7. The monoisotopic (exact) mass is 1220 g/mol. The number of oxime groups is 2. The number of fused-ring (bicyclic) bond motifs is 2. The number of rotatable bonds is 18. The van der Waals surface area contributed by atoms with Crippen LogP contribution in [0.4, 0.5) is 36.6 Å². The summed E-state index contributed by atoms with van der Waals surface area (Å²) in [4.78, 5) is 106. The van der Waals surface area contributed by atoms with Crippen LogP contribution in [0.3, 0.4) is 0 Å². The molecule has 2 aromatic rings. The summed E-state index contributed by atoms with van der Waals surface area (Å²) in [6, 6.07) is -2.71. The molecule has 4 atom stereocenters. The topological polar surface area (TPSA) is 392 Å². The molecule has 0 saturated carbocycles. The van der Waals surface area contributed by atoms with Crippen molar-refractivity contribution in [1.82, 2.24) is 30.4 Å². The van der Waals surface area contributed by atoms with Crippen LogP contribution >= 0.6 is 46.2 Å². The van der Waals surface area contributed by atoms with E-state index in [0.29, 0.717) is 43.4 Å². The molecular weight excluding hydrogens is 1170 g/mol. The van der Waals surface area contributed by atoms with Gasteiger partial charge in [0.05, 0.1) is 64.2 Å². The van der Waals surface area contributed by atoms with Gasteiger partial charge in [-0.1, -0.05) is 35.6 Å². The molecule has 4 unspecified atom stereocenters. The number of thiazole rings is 2. The number of β-lactam (4-membered cyclic amide) rings is 2. The maximum Gasteiger partial charge on any atom is 0.485 e. The summed E-state index contributed by atoms with van der Waals surface area (Å²) in [7, 11) is 5.58. The number of aromatic nitrogens is 2. The highest BCUT2D eigenvalue weighted by molar-refractivity contribution is 8.03. The third kappa shape index (κ3) is 18.4. The molecule has 2 saturated heterocycles.